The zero-order chi connectivity index (χ0) is 13.3. The van der Waals surface area contributed by atoms with E-state index in [1.165, 1.54) is 12.8 Å². The average molecular weight is 268 g/mol. The fourth-order valence-corrected chi connectivity index (χ4v) is 2.95. The highest BCUT2D eigenvalue weighted by atomic mass is 32.2. The monoisotopic (exact) mass is 268 g/mol. The summed E-state index contributed by atoms with van der Waals surface area (Å²) in [5.41, 5.74) is 2.63. The lowest BCUT2D eigenvalue weighted by molar-refractivity contribution is 0.309. The van der Waals surface area contributed by atoms with Crippen LogP contribution in [0.2, 0.25) is 0 Å². The number of anilines is 2. The van der Waals surface area contributed by atoms with Crippen LogP contribution >= 0.6 is 0 Å². The van der Waals surface area contributed by atoms with Crippen molar-refractivity contribution in [2.24, 2.45) is 5.92 Å². The zero-order valence-corrected chi connectivity index (χ0v) is 11.8. The molecule has 0 amide bonds. The number of hydrogen-bond acceptors (Lipinski definition) is 3. The molecular weight excluding hydrogens is 248 g/mol. The lowest BCUT2D eigenvalue weighted by Gasteiger charge is -2.34. The van der Waals surface area contributed by atoms with Gasteiger partial charge >= 0.3 is 0 Å². The zero-order valence-electron chi connectivity index (χ0n) is 11.0. The molecule has 2 N–H and O–H groups in total. The van der Waals surface area contributed by atoms with Crippen LogP contribution in [-0.4, -0.2) is 20.7 Å². The first-order chi connectivity index (χ1) is 8.33. The van der Waals surface area contributed by atoms with E-state index >= 15 is 0 Å². The Morgan fingerprint density at radius 1 is 1.28 bits per heavy atom. The van der Waals surface area contributed by atoms with E-state index < -0.39 is 10.0 Å². The minimum atomic E-state index is -3.21. The molecule has 1 aromatic carbocycles. The standard InChI is InChI=1S/C13H20N2O2S/c1-9-6-12(7-9)14-11-4-5-13(10(2)8-11)15-18(3,16)17/h4-5,8-9,12,14-15H,6-7H2,1-3H3. The van der Waals surface area contributed by atoms with Gasteiger partial charge in [-0.15, -0.1) is 0 Å². The van der Waals surface area contributed by atoms with Gasteiger partial charge in [-0.1, -0.05) is 6.92 Å². The summed E-state index contributed by atoms with van der Waals surface area (Å²) in [6, 6.07) is 6.27. The van der Waals surface area contributed by atoms with Gasteiger partial charge in [0.25, 0.3) is 0 Å². The Morgan fingerprint density at radius 3 is 2.44 bits per heavy atom. The maximum Gasteiger partial charge on any atom is 0.229 e. The minimum Gasteiger partial charge on any atom is -0.382 e. The minimum absolute atomic E-state index is 0.563. The van der Waals surface area contributed by atoms with Crippen LogP contribution in [0.4, 0.5) is 11.4 Å². The van der Waals surface area contributed by atoms with Crippen LogP contribution in [0.5, 0.6) is 0 Å². The molecule has 1 aliphatic rings. The molecule has 0 unspecified atom stereocenters. The van der Waals surface area contributed by atoms with Crippen LogP contribution in [-0.2, 0) is 10.0 Å². The normalized spacial score (nSPS) is 23.3. The van der Waals surface area contributed by atoms with Gasteiger partial charge in [-0.3, -0.25) is 4.72 Å². The van der Waals surface area contributed by atoms with Crippen molar-refractivity contribution in [2.45, 2.75) is 32.7 Å². The molecule has 1 aliphatic carbocycles. The van der Waals surface area contributed by atoms with Crippen molar-refractivity contribution in [3.63, 3.8) is 0 Å². The Bertz CT molecular complexity index is 534. The largest absolute Gasteiger partial charge is 0.382 e. The Hall–Kier alpha value is -1.23. The van der Waals surface area contributed by atoms with E-state index in [0.717, 1.165) is 23.4 Å². The molecule has 4 nitrogen and oxygen atoms in total. The first-order valence-corrected chi connectivity index (χ1v) is 8.07. The van der Waals surface area contributed by atoms with Crippen molar-refractivity contribution in [2.75, 3.05) is 16.3 Å². The fraction of sp³-hybridized carbons (Fsp3) is 0.538. The molecule has 0 bridgehead atoms. The maximum atomic E-state index is 11.2. The second-order valence-corrected chi connectivity index (χ2v) is 7.07. The molecule has 0 heterocycles. The SMILES string of the molecule is Cc1cc(NC2CC(C)C2)ccc1NS(C)(=O)=O. The molecule has 0 saturated heterocycles. The van der Waals surface area contributed by atoms with Crippen LogP contribution in [0.1, 0.15) is 25.3 Å². The van der Waals surface area contributed by atoms with E-state index in [1.807, 2.05) is 19.1 Å². The smallest absolute Gasteiger partial charge is 0.229 e. The predicted molar refractivity (Wildman–Crippen MR) is 75.5 cm³/mol. The molecule has 1 saturated carbocycles. The van der Waals surface area contributed by atoms with Crippen molar-refractivity contribution >= 4 is 21.4 Å². The van der Waals surface area contributed by atoms with Crippen LogP contribution in [0.25, 0.3) is 0 Å². The summed E-state index contributed by atoms with van der Waals surface area (Å²) < 4.78 is 24.9. The summed E-state index contributed by atoms with van der Waals surface area (Å²) in [5, 5.41) is 3.46. The summed E-state index contributed by atoms with van der Waals surface area (Å²) in [4.78, 5) is 0. The second kappa shape index (κ2) is 4.80. The van der Waals surface area contributed by atoms with Gasteiger partial charge in [0.1, 0.15) is 0 Å². The van der Waals surface area contributed by atoms with E-state index in [0.29, 0.717) is 11.7 Å². The van der Waals surface area contributed by atoms with E-state index in [2.05, 4.69) is 17.0 Å². The third-order valence-electron chi connectivity index (χ3n) is 3.27. The van der Waals surface area contributed by atoms with Gasteiger partial charge in [0.05, 0.1) is 11.9 Å². The molecule has 18 heavy (non-hydrogen) atoms. The first kappa shape index (κ1) is 13.2. The summed E-state index contributed by atoms with van der Waals surface area (Å²) >= 11 is 0. The number of sulfonamides is 1. The highest BCUT2D eigenvalue weighted by Gasteiger charge is 2.24. The Kier molecular flexibility index (Phi) is 3.52. The van der Waals surface area contributed by atoms with Crippen LogP contribution in [0, 0.1) is 12.8 Å². The number of nitrogens with one attached hydrogen (secondary N) is 2. The van der Waals surface area contributed by atoms with Gasteiger partial charge in [0, 0.05) is 11.7 Å². The van der Waals surface area contributed by atoms with E-state index in [4.69, 9.17) is 0 Å². The Balaban J connectivity index is 2.05. The summed E-state index contributed by atoms with van der Waals surface area (Å²) in [6.07, 6.45) is 3.58. The number of rotatable bonds is 4. The molecule has 100 valence electrons. The molecule has 0 spiro atoms. The highest BCUT2D eigenvalue weighted by Crippen LogP contribution is 2.30. The lowest BCUT2D eigenvalue weighted by atomic mass is 9.82. The van der Waals surface area contributed by atoms with Crippen molar-refractivity contribution < 1.29 is 8.42 Å². The maximum absolute atomic E-state index is 11.2. The molecule has 0 atom stereocenters. The van der Waals surface area contributed by atoms with Crippen molar-refractivity contribution in [1.82, 2.24) is 0 Å². The number of benzene rings is 1. The molecule has 1 aromatic rings. The quantitative estimate of drug-likeness (QED) is 0.882. The van der Waals surface area contributed by atoms with Crippen molar-refractivity contribution in [3.8, 4) is 0 Å². The average Bonchev–Trinajstić information content (AvgIpc) is 2.18. The van der Waals surface area contributed by atoms with Crippen LogP contribution in [0.15, 0.2) is 18.2 Å². The molecule has 0 aromatic heterocycles. The topological polar surface area (TPSA) is 58.2 Å². The lowest BCUT2D eigenvalue weighted by Crippen LogP contribution is -2.33. The molecule has 2 rings (SSSR count). The van der Waals surface area contributed by atoms with Gasteiger partial charge in [-0.25, -0.2) is 8.42 Å². The molecule has 0 radical (unpaired) electrons. The Labute approximate surface area is 109 Å². The van der Waals surface area contributed by atoms with Gasteiger partial charge in [0.2, 0.25) is 10.0 Å². The predicted octanol–water partition coefficient (Wildman–Crippen LogP) is 2.58. The van der Waals surface area contributed by atoms with Gasteiger partial charge in [-0.2, -0.15) is 0 Å². The molecule has 1 fully saturated rings. The van der Waals surface area contributed by atoms with Gasteiger partial charge in [-0.05, 0) is 49.4 Å². The van der Waals surface area contributed by atoms with Gasteiger partial charge < -0.3 is 5.32 Å². The third kappa shape index (κ3) is 3.38. The van der Waals surface area contributed by atoms with E-state index in [9.17, 15) is 8.42 Å². The third-order valence-corrected chi connectivity index (χ3v) is 3.86. The van der Waals surface area contributed by atoms with Gasteiger partial charge in [0.15, 0.2) is 0 Å². The molecule has 5 heteroatoms. The van der Waals surface area contributed by atoms with E-state index in [1.54, 1.807) is 6.07 Å². The molecule has 0 aliphatic heterocycles. The summed E-state index contributed by atoms with van der Waals surface area (Å²) in [6.45, 7) is 4.16. The number of hydrogen-bond donors (Lipinski definition) is 2. The second-order valence-electron chi connectivity index (χ2n) is 5.32. The van der Waals surface area contributed by atoms with E-state index in [-0.39, 0.29) is 0 Å². The van der Waals surface area contributed by atoms with Crippen molar-refractivity contribution in [3.05, 3.63) is 23.8 Å². The van der Waals surface area contributed by atoms with Crippen molar-refractivity contribution in [1.29, 1.82) is 0 Å². The molecular formula is C13H20N2O2S. The highest BCUT2D eigenvalue weighted by molar-refractivity contribution is 7.92. The Morgan fingerprint density at radius 2 is 1.94 bits per heavy atom. The first-order valence-electron chi connectivity index (χ1n) is 6.18. The van der Waals surface area contributed by atoms with Crippen LogP contribution in [0.3, 0.4) is 0 Å². The van der Waals surface area contributed by atoms with Crippen LogP contribution < -0.4 is 10.0 Å². The number of aryl methyl sites for hydroxylation is 1. The summed E-state index contributed by atoms with van der Waals surface area (Å²) in [7, 11) is -3.21. The fourth-order valence-electron chi connectivity index (χ4n) is 2.32. The summed E-state index contributed by atoms with van der Waals surface area (Å²) in [5.74, 6) is 0.815.